The number of esters is 1. The van der Waals surface area contributed by atoms with Crippen molar-refractivity contribution in [2.24, 2.45) is 0 Å². The molecule has 6 nitrogen and oxygen atoms in total. The first-order chi connectivity index (χ1) is 11.7. The van der Waals surface area contributed by atoms with Gasteiger partial charge in [-0.2, -0.15) is 11.8 Å². The summed E-state index contributed by atoms with van der Waals surface area (Å²) in [6.07, 6.45) is 2.36. The Hall–Kier alpha value is -1.73. The van der Waals surface area contributed by atoms with Crippen molar-refractivity contribution in [2.75, 3.05) is 38.8 Å². The number of carbonyl (C=O) groups excluding carboxylic acids is 2. The number of benzene rings is 1. The van der Waals surface area contributed by atoms with E-state index in [1.165, 1.54) is 7.11 Å². The lowest BCUT2D eigenvalue weighted by Gasteiger charge is -2.34. The Balaban J connectivity index is 1.96. The van der Waals surface area contributed by atoms with Gasteiger partial charge in [-0.3, -0.25) is 0 Å². The molecule has 1 unspecified atom stereocenters. The summed E-state index contributed by atoms with van der Waals surface area (Å²) in [5.41, 5.74) is 1.04. The number of nitrogens with one attached hydrogen (secondary N) is 1. The van der Waals surface area contributed by atoms with Gasteiger partial charge in [0, 0.05) is 6.54 Å². The molecule has 2 atom stereocenters. The summed E-state index contributed by atoms with van der Waals surface area (Å²) < 4.78 is 10.5. The Morgan fingerprint density at radius 1 is 1.42 bits per heavy atom. The van der Waals surface area contributed by atoms with Crippen molar-refractivity contribution in [3.63, 3.8) is 0 Å². The zero-order valence-electron chi connectivity index (χ0n) is 14.1. The summed E-state index contributed by atoms with van der Waals surface area (Å²) >= 11 is 1.63. The number of ether oxygens (including phenoxy) is 2. The highest BCUT2D eigenvalue weighted by Gasteiger charge is 2.28. The van der Waals surface area contributed by atoms with Gasteiger partial charge >= 0.3 is 12.0 Å². The lowest BCUT2D eigenvalue weighted by atomic mass is 10.1. The molecule has 1 aliphatic rings. The second kappa shape index (κ2) is 9.54. The van der Waals surface area contributed by atoms with E-state index in [2.05, 4.69) is 5.32 Å². The number of amides is 2. The van der Waals surface area contributed by atoms with Crippen LogP contribution < -0.4 is 5.32 Å². The van der Waals surface area contributed by atoms with E-state index in [0.717, 1.165) is 11.3 Å². The Morgan fingerprint density at radius 2 is 2.17 bits per heavy atom. The van der Waals surface area contributed by atoms with E-state index in [1.54, 1.807) is 16.7 Å². The van der Waals surface area contributed by atoms with E-state index >= 15 is 0 Å². The maximum Gasteiger partial charge on any atom is 0.328 e. The van der Waals surface area contributed by atoms with Crippen LogP contribution in [0.3, 0.4) is 0 Å². The first-order valence-corrected chi connectivity index (χ1v) is 9.34. The highest BCUT2D eigenvalue weighted by molar-refractivity contribution is 7.98. The SMILES string of the molecule is COC(=O)[C@H](CCSC)NC(=O)N1CCOC(c2ccccc2)C1. The van der Waals surface area contributed by atoms with Gasteiger partial charge in [0.2, 0.25) is 0 Å². The molecule has 0 aromatic heterocycles. The minimum absolute atomic E-state index is 0.145. The van der Waals surface area contributed by atoms with Crippen LogP contribution in [0.5, 0.6) is 0 Å². The average molecular weight is 352 g/mol. The third-order valence-electron chi connectivity index (χ3n) is 3.92. The number of rotatable bonds is 6. The lowest BCUT2D eigenvalue weighted by Crippen LogP contribution is -2.52. The predicted octanol–water partition coefficient (Wildman–Crippen LogP) is 2.06. The molecule has 1 aliphatic heterocycles. The van der Waals surface area contributed by atoms with Crippen molar-refractivity contribution in [3.8, 4) is 0 Å². The second-order valence-electron chi connectivity index (χ2n) is 5.52. The molecule has 0 spiro atoms. The van der Waals surface area contributed by atoms with Crippen molar-refractivity contribution in [1.29, 1.82) is 0 Å². The van der Waals surface area contributed by atoms with Gasteiger partial charge in [0.1, 0.15) is 12.1 Å². The highest BCUT2D eigenvalue weighted by Crippen LogP contribution is 2.22. The van der Waals surface area contributed by atoms with Gasteiger partial charge in [-0.05, 0) is 24.0 Å². The number of thioether (sulfide) groups is 1. The summed E-state index contributed by atoms with van der Waals surface area (Å²) in [6, 6.07) is 8.96. The number of urea groups is 1. The molecule has 7 heteroatoms. The molecule has 1 fully saturated rings. The van der Waals surface area contributed by atoms with Crippen LogP contribution in [0.15, 0.2) is 30.3 Å². The van der Waals surface area contributed by atoms with Gasteiger partial charge in [0.15, 0.2) is 0 Å². The summed E-state index contributed by atoms with van der Waals surface area (Å²) in [4.78, 5) is 26.0. The molecular formula is C17H24N2O4S. The highest BCUT2D eigenvalue weighted by atomic mass is 32.2. The van der Waals surface area contributed by atoms with E-state index in [4.69, 9.17) is 9.47 Å². The van der Waals surface area contributed by atoms with Gasteiger partial charge < -0.3 is 19.7 Å². The Morgan fingerprint density at radius 3 is 2.83 bits per heavy atom. The summed E-state index contributed by atoms with van der Waals surface area (Å²) in [7, 11) is 1.33. The molecule has 0 saturated carbocycles. The van der Waals surface area contributed by atoms with Crippen molar-refractivity contribution in [2.45, 2.75) is 18.6 Å². The van der Waals surface area contributed by atoms with Crippen LogP contribution in [0.25, 0.3) is 0 Å². The third kappa shape index (κ3) is 5.14. The maximum absolute atomic E-state index is 12.5. The van der Waals surface area contributed by atoms with Gasteiger partial charge in [-0.25, -0.2) is 9.59 Å². The van der Waals surface area contributed by atoms with Crippen LogP contribution in [0.4, 0.5) is 4.79 Å². The molecule has 0 bridgehead atoms. The summed E-state index contributed by atoms with van der Waals surface area (Å²) in [5, 5.41) is 2.79. The molecule has 24 heavy (non-hydrogen) atoms. The normalized spacial score (nSPS) is 18.8. The molecule has 0 radical (unpaired) electrons. The average Bonchev–Trinajstić information content (AvgIpc) is 2.65. The fourth-order valence-corrected chi connectivity index (χ4v) is 3.04. The van der Waals surface area contributed by atoms with E-state index in [1.807, 2.05) is 36.6 Å². The van der Waals surface area contributed by atoms with Crippen molar-refractivity contribution < 1.29 is 19.1 Å². The molecule has 0 aliphatic carbocycles. The topological polar surface area (TPSA) is 67.9 Å². The Bertz CT molecular complexity index is 541. The zero-order valence-corrected chi connectivity index (χ0v) is 14.9. The maximum atomic E-state index is 12.5. The van der Waals surface area contributed by atoms with E-state index < -0.39 is 12.0 Å². The van der Waals surface area contributed by atoms with Crippen LogP contribution in [0, 0.1) is 0 Å². The molecule has 2 amide bonds. The smallest absolute Gasteiger partial charge is 0.328 e. The van der Waals surface area contributed by atoms with Crippen molar-refractivity contribution >= 4 is 23.8 Å². The monoisotopic (exact) mass is 352 g/mol. The zero-order chi connectivity index (χ0) is 17.4. The van der Waals surface area contributed by atoms with Crippen LogP contribution >= 0.6 is 11.8 Å². The Labute approximate surface area is 146 Å². The molecule has 132 valence electrons. The van der Waals surface area contributed by atoms with Gasteiger partial charge in [0.25, 0.3) is 0 Å². The number of nitrogens with zero attached hydrogens (tertiary/aromatic N) is 1. The van der Waals surface area contributed by atoms with Crippen molar-refractivity contribution in [3.05, 3.63) is 35.9 Å². The van der Waals surface area contributed by atoms with E-state index in [-0.39, 0.29) is 12.1 Å². The van der Waals surface area contributed by atoms with E-state index in [0.29, 0.717) is 26.1 Å². The summed E-state index contributed by atoms with van der Waals surface area (Å²) in [6.45, 7) is 1.44. The molecule has 1 heterocycles. The number of hydrogen-bond donors (Lipinski definition) is 1. The predicted molar refractivity (Wildman–Crippen MR) is 94.0 cm³/mol. The first kappa shape index (κ1) is 18.6. The fraction of sp³-hybridized carbons (Fsp3) is 0.529. The molecule has 1 aromatic rings. The standard InChI is InChI=1S/C17H24N2O4S/c1-22-16(20)14(8-11-24-2)18-17(21)19-9-10-23-15(12-19)13-6-4-3-5-7-13/h3-7,14-15H,8-12H2,1-2H3,(H,18,21)/t14-,15?/m0/s1. The van der Waals surface area contributed by atoms with Gasteiger partial charge in [-0.1, -0.05) is 30.3 Å². The molecule has 2 rings (SSSR count). The number of carbonyl (C=O) groups is 2. The first-order valence-electron chi connectivity index (χ1n) is 7.94. The van der Waals surface area contributed by atoms with Gasteiger partial charge in [-0.15, -0.1) is 0 Å². The molecular weight excluding hydrogens is 328 g/mol. The Kier molecular flexibility index (Phi) is 7.39. The van der Waals surface area contributed by atoms with Crippen LogP contribution in [0.1, 0.15) is 18.1 Å². The quantitative estimate of drug-likeness (QED) is 0.794. The number of methoxy groups -OCH3 is 1. The number of hydrogen-bond acceptors (Lipinski definition) is 5. The van der Waals surface area contributed by atoms with Crippen LogP contribution in [-0.2, 0) is 14.3 Å². The minimum atomic E-state index is -0.618. The largest absolute Gasteiger partial charge is 0.467 e. The lowest BCUT2D eigenvalue weighted by molar-refractivity contribution is -0.142. The molecule has 1 saturated heterocycles. The molecule has 1 N–H and O–H groups in total. The number of morpholine rings is 1. The third-order valence-corrected chi connectivity index (χ3v) is 4.56. The summed E-state index contributed by atoms with van der Waals surface area (Å²) in [5.74, 6) is 0.362. The second-order valence-corrected chi connectivity index (χ2v) is 6.51. The minimum Gasteiger partial charge on any atom is -0.467 e. The van der Waals surface area contributed by atoms with Crippen molar-refractivity contribution in [1.82, 2.24) is 10.2 Å². The van der Waals surface area contributed by atoms with E-state index in [9.17, 15) is 9.59 Å². The van der Waals surface area contributed by atoms with Crippen LogP contribution in [-0.4, -0.2) is 61.8 Å². The molecule has 1 aromatic carbocycles. The van der Waals surface area contributed by atoms with Gasteiger partial charge in [0.05, 0.1) is 20.3 Å². The fourth-order valence-electron chi connectivity index (χ4n) is 2.57. The van der Waals surface area contributed by atoms with Crippen LogP contribution in [0.2, 0.25) is 0 Å².